The number of carbonyl (C=O) groups is 2. The van der Waals surface area contributed by atoms with Crippen molar-refractivity contribution in [2.45, 2.75) is 43.7 Å². The first-order valence-electron chi connectivity index (χ1n) is 8.03. The number of amides is 1. The third kappa shape index (κ3) is 4.16. The minimum atomic E-state index is -4.17. The van der Waals surface area contributed by atoms with Crippen molar-refractivity contribution >= 4 is 21.9 Å². The second-order valence-corrected chi connectivity index (χ2v) is 7.54. The van der Waals surface area contributed by atoms with E-state index in [9.17, 15) is 22.4 Å². The van der Waals surface area contributed by atoms with Gasteiger partial charge in [0.25, 0.3) is 5.91 Å². The highest BCUT2D eigenvalue weighted by Crippen LogP contribution is 2.28. The summed E-state index contributed by atoms with van der Waals surface area (Å²) in [4.78, 5) is 23.5. The Labute approximate surface area is 146 Å². The van der Waals surface area contributed by atoms with Crippen LogP contribution >= 0.6 is 0 Å². The molecular weight excluding hydrogens is 351 g/mol. The maximum absolute atomic E-state index is 13.9. The quantitative estimate of drug-likeness (QED) is 0.754. The molecule has 1 aromatic rings. The van der Waals surface area contributed by atoms with Crippen molar-refractivity contribution in [2.24, 2.45) is 0 Å². The first-order chi connectivity index (χ1) is 11.8. The molecule has 0 aliphatic carbocycles. The van der Waals surface area contributed by atoms with Gasteiger partial charge in [-0.2, -0.15) is 4.31 Å². The highest BCUT2D eigenvalue weighted by atomic mass is 32.2. The summed E-state index contributed by atoms with van der Waals surface area (Å²) in [5.41, 5.74) is 0. The molecule has 7 nitrogen and oxygen atoms in total. The van der Waals surface area contributed by atoms with Crippen molar-refractivity contribution in [1.29, 1.82) is 0 Å². The van der Waals surface area contributed by atoms with E-state index >= 15 is 0 Å². The minimum Gasteiger partial charge on any atom is -0.451 e. The highest BCUT2D eigenvalue weighted by Gasteiger charge is 2.42. The van der Waals surface area contributed by atoms with Crippen LogP contribution in [0.3, 0.4) is 0 Å². The van der Waals surface area contributed by atoms with E-state index in [1.54, 1.807) is 6.92 Å². The molecule has 1 saturated heterocycles. The monoisotopic (exact) mass is 372 g/mol. The lowest BCUT2D eigenvalue weighted by Crippen LogP contribution is -2.44. The van der Waals surface area contributed by atoms with Crippen LogP contribution in [0.15, 0.2) is 29.2 Å². The standard InChI is InChI=1S/C16H21FN2O5S/c1-3-18-15(20)11(2)24-16(21)13-8-6-10-19(13)25(22,23)14-9-5-4-7-12(14)17/h4-5,7,9,11,13H,3,6,8,10H2,1-2H3,(H,18,20)/t11-,13-/m0/s1. The lowest BCUT2D eigenvalue weighted by molar-refractivity contribution is -0.157. The molecule has 9 heteroatoms. The topological polar surface area (TPSA) is 92.8 Å². The highest BCUT2D eigenvalue weighted by molar-refractivity contribution is 7.89. The predicted octanol–water partition coefficient (Wildman–Crippen LogP) is 1.05. The third-order valence-corrected chi connectivity index (χ3v) is 5.85. The molecule has 2 atom stereocenters. The molecule has 0 spiro atoms. The van der Waals surface area contributed by atoms with Crippen LogP contribution in [0.5, 0.6) is 0 Å². The number of ether oxygens (including phenoxy) is 1. The van der Waals surface area contributed by atoms with Gasteiger partial charge in [0.2, 0.25) is 10.0 Å². The Hall–Kier alpha value is -2.00. The molecule has 0 unspecified atom stereocenters. The van der Waals surface area contributed by atoms with Crippen LogP contribution in [0, 0.1) is 5.82 Å². The van der Waals surface area contributed by atoms with Gasteiger partial charge >= 0.3 is 5.97 Å². The van der Waals surface area contributed by atoms with E-state index in [2.05, 4.69) is 5.32 Å². The van der Waals surface area contributed by atoms with Gasteiger partial charge in [0.15, 0.2) is 6.10 Å². The van der Waals surface area contributed by atoms with Gasteiger partial charge in [0.1, 0.15) is 16.8 Å². The Morgan fingerprint density at radius 3 is 2.72 bits per heavy atom. The number of esters is 1. The fraction of sp³-hybridized carbons (Fsp3) is 0.500. The molecule has 138 valence electrons. The largest absolute Gasteiger partial charge is 0.451 e. The van der Waals surface area contributed by atoms with Crippen LogP contribution in [-0.2, 0) is 24.3 Å². The van der Waals surface area contributed by atoms with Crippen LogP contribution in [0.4, 0.5) is 4.39 Å². The predicted molar refractivity (Wildman–Crippen MR) is 87.6 cm³/mol. The van der Waals surface area contributed by atoms with E-state index < -0.39 is 44.8 Å². The Balaban J connectivity index is 2.18. The van der Waals surface area contributed by atoms with Gasteiger partial charge in [-0.1, -0.05) is 12.1 Å². The van der Waals surface area contributed by atoms with Crippen LogP contribution in [0.25, 0.3) is 0 Å². The molecule has 1 aromatic carbocycles. The van der Waals surface area contributed by atoms with Gasteiger partial charge in [-0.15, -0.1) is 0 Å². The fourth-order valence-corrected chi connectivity index (χ4v) is 4.38. The summed E-state index contributed by atoms with van der Waals surface area (Å²) in [6, 6.07) is 3.94. The molecular formula is C16H21FN2O5S. The maximum atomic E-state index is 13.9. The Bertz CT molecular complexity index is 753. The lowest BCUT2D eigenvalue weighted by atomic mass is 10.2. The van der Waals surface area contributed by atoms with Crippen molar-refractivity contribution in [3.63, 3.8) is 0 Å². The van der Waals surface area contributed by atoms with Gasteiger partial charge in [-0.05, 0) is 38.8 Å². The number of benzene rings is 1. The van der Waals surface area contributed by atoms with Gasteiger partial charge in [-0.25, -0.2) is 12.8 Å². The van der Waals surface area contributed by atoms with E-state index in [1.165, 1.54) is 19.1 Å². The first-order valence-corrected chi connectivity index (χ1v) is 9.47. The molecule has 1 fully saturated rings. The Morgan fingerprint density at radius 1 is 1.40 bits per heavy atom. The molecule has 1 N–H and O–H groups in total. The summed E-state index contributed by atoms with van der Waals surface area (Å²) in [6.45, 7) is 3.61. The second-order valence-electron chi connectivity index (χ2n) is 5.68. The zero-order valence-corrected chi connectivity index (χ0v) is 14.9. The Morgan fingerprint density at radius 2 is 2.08 bits per heavy atom. The number of likely N-dealkylation sites (N-methyl/N-ethyl adjacent to an activating group) is 1. The summed E-state index contributed by atoms with van der Waals surface area (Å²) in [5, 5.41) is 2.52. The summed E-state index contributed by atoms with van der Waals surface area (Å²) < 4.78 is 45.3. The van der Waals surface area contributed by atoms with Gasteiger partial charge in [0, 0.05) is 13.1 Å². The van der Waals surface area contributed by atoms with Crippen molar-refractivity contribution in [1.82, 2.24) is 9.62 Å². The van der Waals surface area contributed by atoms with Crippen molar-refractivity contribution in [3.8, 4) is 0 Å². The molecule has 0 aromatic heterocycles. The number of nitrogens with zero attached hydrogens (tertiary/aromatic N) is 1. The number of hydrogen-bond donors (Lipinski definition) is 1. The van der Waals surface area contributed by atoms with E-state index in [0.717, 1.165) is 16.4 Å². The number of sulfonamides is 1. The summed E-state index contributed by atoms with van der Waals surface area (Å²) in [5.74, 6) is -2.15. The molecule has 1 aliphatic rings. The van der Waals surface area contributed by atoms with Crippen molar-refractivity contribution in [3.05, 3.63) is 30.1 Å². The molecule has 2 rings (SSSR count). The van der Waals surface area contributed by atoms with E-state index in [1.807, 2.05) is 0 Å². The zero-order chi connectivity index (χ0) is 18.6. The average molecular weight is 372 g/mol. The van der Waals surface area contributed by atoms with E-state index in [-0.39, 0.29) is 13.0 Å². The number of carbonyl (C=O) groups excluding carboxylic acids is 2. The third-order valence-electron chi connectivity index (χ3n) is 3.91. The number of hydrogen-bond acceptors (Lipinski definition) is 5. The fourth-order valence-electron chi connectivity index (χ4n) is 2.67. The molecule has 1 amide bonds. The SMILES string of the molecule is CCNC(=O)[C@H](C)OC(=O)[C@@H]1CCCN1S(=O)(=O)c1ccccc1F. The van der Waals surface area contributed by atoms with Crippen LogP contribution in [-0.4, -0.2) is 49.8 Å². The van der Waals surface area contributed by atoms with E-state index in [0.29, 0.717) is 13.0 Å². The molecule has 1 heterocycles. The van der Waals surface area contributed by atoms with Crippen molar-refractivity contribution < 1.29 is 27.1 Å². The zero-order valence-electron chi connectivity index (χ0n) is 14.1. The minimum absolute atomic E-state index is 0.0893. The maximum Gasteiger partial charge on any atom is 0.325 e. The van der Waals surface area contributed by atoms with Crippen LogP contribution in [0.2, 0.25) is 0 Å². The smallest absolute Gasteiger partial charge is 0.325 e. The number of halogens is 1. The average Bonchev–Trinajstić information content (AvgIpc) is 3.05. The van der Waals surface area contributed by atoms with Gasteiger partial charge in [0.05, 0.1) is 0 Å². The van der Waals surface area contributed by atoms with E-state index in [4.69, 9.17) is 4.74 Å². The molecule has 0 bridgehead atoms. The molecule has 0 saturated carbocycles. The summed E-state index contributed by atoms with van der Waals surface area (Å²) >= 11 is 0. The molecule has 0 radical (unpaired) electrons. The van der Waals surface area contributed by atoms with Crippen LogP contribution in [0.1, 0.15) is 26.7 Å². The normalized spacial score (nSPS) is 19.4. The first kappa shape index (κ1) is 19.3. The van der Waals surface area contributed by atoms with Crippen LogP contribution < -0.4 is 5.32 Å². The lowest BCUT2D eigenvalue weighted by Gasteiger charge is -2.24. The van der Waals surface area contributed by atoms with Gasteiger partial charge in [-0.3, -0.25) is 9.59 Å². The number of rotatable bonds is 6. The van der Waals surface area contributed by atoms with Gasteiger partial charge < -0.3 is 10.1 Å². The summed E-state index contributed by atoms with van der Waals surface area (Å²) in [6.07, 6.45) is -0.330. The number of nitrogens with one attached hydrogen (secondary N) is 1. The Kier molecular flexibility index (Phi) is 6.12. The second kappa shape index (κ2) is 7.92. The molecule has 25 heavy (non-hydrogen) atoms. The summed E-state index contributed by atoms with van der Waals surface area (Å²) in [7, 11) is -4.17. The van der Waals surface area contributed by atoms with Crippen molar-refractivity contribution in [2.75, 3.05) is 13.1 Å². The molecule has 1 aliphatic heterocycles.